The van der Waals surface area contributed by atoms with Gasteiger partial charge in [0.25, 0.3) is 5.56 Å². The molecule has 2 heterocycles. The number of carbonyl (C=O) groups excluding carboxylic acids is 1. The molecule has 0 radical (unpaired) electrons. The molecular formula is C22H20FN5O2S. The molecule has 4 rings (SSSR count). The van der Waals surface area contributed by atoms with Gasteiger partial charge in [-0.15, -0.1) is 5.10 Å². The summed E-state index contributed by atoms with van der Waals surface area (Å²) in [5.41, 5.74) is 3.23. The van der Waals surface area contributed by atoms with Gasteiger partial charge in [-0.2, -0.15) is 5.10 Å². The van der Waals surface area contributed by atoms with Crippen LogP contribution in [0.2, 0.25) is 0 Å². The van der Waals surface area contributed by atoms with Crippen LogP contribution in [-0.2, 0) is 4.79 Å². The zero-order valence-corrected chi connectivity index (χ0v) is 17.7. The topological polar surface area (TPSA) is 92.1 Å². The maximum atomic E-state index is 13.0. The van der Waals surface area contributed by atoms with E-state index in [1.165, 1.54) is 34.3 Å². The third kappa shape index (κ3) is 4.66. The van der Waals surface area contributed by atoms with Crippen molar-refractivity contribution in [3.63, 3.8) is 0 Å². The van der Waals surface area contributed by atoms with Crippen LogP contribution in [0.1, 0.15) is 25.3 Å². The highest BCUT2D eigenvalue weighted by molar-refractivity contribution is 7.99. The average molecular weight is 438 g/mol. The molecule has 1 amide bonds. The fourth-order valence-corrected chi connectivity index (χ4v) is 3.73. The molecular weight excluding hydrogens is 417 g/mol. The lowest BCUT2D eigenvalue weighted by molar-refractivity contribution is -0.113. The Morgan fingerprint density at radius 3 is 2.55 bits per heavy atom. The average Bonchev–Trinajstić information content (AvgIpc) is 3.21. The molecule has 31 heavy (non-hydrogen) atoms. The zero-order chi connectivity index (χ0) is 22.0. The number of fused-ring (bicyclic) bond motifs is 1. The van der Waals surface area contributed by atoms with Gasteiger partial charge in [0.05, 0.1) is 11.4 Å². The van der Waals surface area contributed by atoms with E-state index < -0.39 is 0 Å². The van der Waals surface area contributed by atoms with Crippen molar-refractivity contribution in [1.29, 1.82) is 0 Å². The molecule has 7 nitrogen and oxygen atoms in total. The van der Waals surface area contributed by atoms with E-state index in [0.29, 0.717) is 28.0 Å². The molecule has 0 atom stereocenters. The Hall–Kier alpha value is -3.46. The number of rotatable bonds is 6. The summed E-state index contributed by atoms with van der Waals surface area (Å²) >= 11 is 1.14. The molecule has 0 aliphatic rings. The first-order chi connectivity index (χ1) is 14.9. The van der Waals surface area contributed by atoms with E-state index in [0.717, 1.165) is 17.3 Å². The summed E-state index contributed by atoms with van der Waals surface area (Å²) in [6, 6.07) is 15.3. The number of nitrogens with one attached hydrogen (secondary N) is 2. The van der Waals surface area contributed by atoms with Crippen molar-refractivity contribution in [3.8, 4) is 11.3 Å². The molecule has 0 saturated heterocycles. The van der Waals surface area contributed by atoms with Crippen molar-refractivity contribution in [3.05, 3.63) is 76.3 Å². The number of thioether (sulfide) groups is 1. The Labute approximate surface area is 181 Å². The number of hydrogen-bond acceptors (Lipinski definition) is 5. The van der Waals surface area contributed by atoms with Gasteiger partial charge < -0.3 is 5.32 Å². The van der Waals surface area contributed by atoms with Gasteiger partial charge in [-0.25, -0.2) is 14.0 Å². The Balaban J connectivity index is 1.54. The maximum absolute atomic E-state index is 13.0. The van der Waals surface area contributed by atoms with Gasteiger partial charge in [0.2, 0.25) is 11.1 Å². The first-order valence-corrected chi connectivity index (χ1v) is 10.7. The predicted octanol–water partition coefficient (Wildman–Crippen LogP) is 4.08. The minimum atomic E-state index is -0.375. The fraction of sp³-hybridized carbons (Fsp3) is 0.182. The van der Waals surface area contributed by atoms with Crippen molar-refractivity contribution in [1.82, 2.24) is 19.8 Å². The first-order valence-electron chi connectivity index (χ1n) is 9.68. The summed E-state index contributed by atoms with van der Waals surface area (Å²) in [5.74, 6) is -0.190. The first kappa shape index (κ1) is 20.8. The van der Waals surface area contributed by atoms with Crippen molar-refractivity contribution >= 4 is 28.9 Å². The SMILES string of the molecule is CC(C)c1ccc(-c2cc3c(=O)[nH]nc(SCC(=O)Nc4ccc(F)cc4)n3n2)cc1. The van der Waals surface area contributed by atoms with Gasteiger partial charge in [0, 0.05) is 11.3 Å². The fourth-order valence-electron chi connectivity index (χ4n) is 3.03. The number of aromatic nitrogens is 4. The second-order valence-corrected chi connectivity index (χ2v) is 8.22. The van der Waals surface area contributed by atoms with E-state index in [9.17, 15) is 14.0 Å². The number of benzene rings is 2. The summed E-state index contributed by atoms with van der Waals surface area (Å²) in [7, 11) is 0. The molecule has 158 valence electrons. The molecule has 0 bridgehead atoms. The third-order valence-corrected chi connectivity index (χ3v) is 5.64. The van der Waals surface area contributed by atoms with E-state index in [4.69, 9.17) is 0 Å². The number of halogens is 1. The maximum Gasteiger partial charge on any atom is 0.290 e. The normalized spacial score (nSPS) is 11.2. The lowest BCUT2D eigenvalue weighted by Crippen LogP contribution is -2.17. The Bertz CT molecular complexity index is 1280. The minimum absolute atomic E-state index is 0.0454. The highest BCUT2D eigenvalue weighted by Crippen LogP contribution is 2.24. The van der Waals surface area contributed by atoms with E-state index in [1.54, 1.807) is 6.07 Å². The second-order valence-electron chi connectivity index (χ2n) is 7.28. The van der Waals surface area contributed by atoms with E-state index in [1.807, 2.05) is 24.3 Å². The number of carbonyl (C=O) groups is 1. The van der Waals surface area contributed by atoms with Gasteiger partial charge >= 0.3 is 0 Å². The molecule has 0 fully saturated rings. The van der Waals surface area contributed by atoms with Crippen LogP contribution in [0.4, 0.5) is 10.1 Å². The van der Waals surface area contributed by atoms with Gasteiger partial charge in [-0.3, -0.25) is 9.59 Å². The van der Waals surface area contributed by atoms with Crippen LogP contribution in [0.25, 0.3) is 16.8 Å². The van der Waals surface area contributed by atoms with Crippen molar-refractivity contribution in [2.24, 2.45) is 0 Å². The Morgan fingerprint density at radius 2 is 1.87 bits per heavy atom. The summed E-state index contributed by atoms with van der Waals surface area (Å²) < 4.78 is 14.4. The van der Waals surface area contributed by atoms with Gasteiger partial charge in [0.15, 0.2) is 0 Å². The van der Waals surface area contributed by atoms with Crippen molar-refractivity contribution in [2.75, 3.05) is 11.1 Å². The number of H-pyrrole nitrogens is 1. The molecule has 0 spiro atoms. The van der Waals surface area contributed by atoms with E-state index in [2.05, 4.69) is 34.5 Å². The summed E-state index contributed by atoms with van der Waals surface area (Å²) in [4.78, 5) is 24.5. The molecule has 0 unspecified atom stereocenters. The van der Waals surface area contributed by atoms with Crippen LogP contribution in [0, 0.1) is 5.82 Å². The Kier molecular flexibility index (Phi) is 5.85. The third-order valence-electron chi connectivity index (χ3n) is 4.71. The molecule has 2 N–H and O–H groups in total. The van der Waals surface area contributed by atoms with Crippen LogP contribution in [-0.4, -0.2) is 31.5 Å². The zero-order valence-electron chi connectivity index (χ0n) is 16.9. The number of aromatic amines is 1. The summed E-state index contributed by atoms with van der Waals surface area (Å²) in [6.07, 6.45) is 0. The van der Waals surface area contributed by atoms with Gasteiger partial charge in [-0.05, 0) is 41.8 Å². The largest absolute Gasteiger partial charge is 0.325 e. The molecule has 0 aliphatic heterocycles. The smallest absolute Gasteiger partial charge is 0.290 e. The number of anilines is 1. The van der Waals surface area contributed by atoms with Gasteiger partial charge in [0.1, 0.15) is 11.3 Å². The van der Waals surface area contributed by atoms with Crippen LogP contribution in [0.3, 0.4) is 0 Å². The van der Waals surface area contributed by atoms with E-state index >= 15 is 0 Å². The molecule has 4 aromatic rings. The van der Waals surface area contributed by atoms with Crippen LogP contribution < -0.4 is 10.9 Å². The monoisotopic (exact) mass is 437 g/mol. The molecule has 2 aromatic heterocycles. The molecule has 2 aromatic carbocycles. The molecule has 0 saturated carbocycles. The lowest BCUT2D eigenvalue weighted by atomic mass is 10.0. The predicted molar refractivity (Wildman–Crippen MR) is 119 cm³/mol. The number of amides is 1. The quantitative estimate of drug-likeness (QED) is 0.444. The number of nitrogens with zero attached hydrogens (tertiary/aromatic N) is 3. The van der Waals surface area contributed by atoms with Crippen LogP contribution in [0.15, 0.2) is 64.5 Å². The van der Waals surface area contributed by atoms with Crippen LogP contribution >= 0.6 is 11.8 Å². The standard InChI is InChI=1S/C22H20FN5O2S/c1-13(2)14-3-5-15(6-4-14)18-11-19-21(30)25-26-22(28(19)27-18)31-12-20(29)24-17-9-7-16(23)8-10-17/h3-11,13H,12H2,1-2H3,(H,24,29)(H,25,30). The van der Waals surface area contributed by atoms with Gasteiger partial charge in [-0.1, -0.05) is 49.9 Å². The highest BCUT2D eigenvalue weighted by Gasteiger charge is 2.14. The number of hydrogen-bond donors (Lipinski definition) is 2. The van der Waals surface area contributed by atoms with Crippen molar-refractivity contribution in [2.45, 2.75) is 24.9 Å². The molecule has 0 aliphatic carbocycles. The Morgan fingerprint density at radius 1 is 1.16 bits per heavy atom. The second kappa shape index (κ2) is 8.73. The minimum Gasteiger partial charge on any atom is -0.325 e. The summed E-state index contributed by atoms with van der Waals surface area (Å²) in [5, 5.41) is 14.1. The molecule has 9 heteroatoms. The van der Waals surface area contributed by atoms with E-state index in [-0.39, 0.29) is 23.0 Å². The lowest BCUT2D eigenvalue weighted by Gasteiger charge is -2.06. The van der Waals surface area contributed by atoms with Crippen molar-refractivity contribution < 1.29 is 9.18 Å². The summed E-state index contributed by atoms with van der Waals surface area (Å²) in [6.45, 7) is 4.25. The van der Waals surface area contributed by atoms with Crippen LogP contribution in [0.5, 0.6) is 0 Å². The highest BCUT2D eigenvalue weighted by atomic mass is 32.2.